The van der Waals surface area contributed by atoms with E-state index in [4.69, 9.17) is 5.11 Å². The molecule has 10 heteroatoms. The molecule has 3 N–H and O–H groups in total. The number of methoxy groups -OCH3 is 1. The lowest BCUT2D eigenvalue weighted by molar-refractivity contribution is -0.140. The summed E-state index contributed by atoms with van der Waals surface area (Å²) in [6.45, 7) is -0.386. The van der Waals surface area contributed by atoms with E-state index in [1.54, 1.807) is 0 Å². The summed E-state index contributed by atoms with van der Waals surface area (Å²) in [5.41, 5.74) is 0. The fourth-order valence-electron chi connectivity index (χ4n) is 1.48. The van der Waals surface area contributed by atoms with Crippen molar-refractivity contribution in [1.82, 2.24) is 9.03 Å². The van der Waals surface area contributed by atoms with Crippen molar-refractivity contribution in [3.63, 3.8) is 0 Å². The molecule has 1 heterocycles. The number of aliphatic hydroxyl groups is 1. The summed E-state index contributed by atoms with van der Waals surface area (Å²) in [5.74, 6) is -1.39. The summed E-state index contributed by atoms with van der Waals surface area (Å²) < 4.78 is 29.3. The summed E-state index contributed by atoms with van der Waals surface area (Å²) >= 11 is 0. The molecule has 1 saturated heterocycles. The van der Waals surface area contributed by atoms with E-state index in [0.717, 1.165) is 7.11 Å². The molecule has 1 aliphatic rings. The van der Waals surface area contributed by atoms with Crippen molar-refractivity contribution in [3.05, 3.63) is 0 Å². The first-order valence-corrected chi connectivity index (χ1v) is 6.00. The molecule has 9 nitrogen and oxygen atoms in total. The van der Waals surface area contributed by atoms with Crippen LogP contribution in [-0.2, 0) is 19.7 Å². The minimum atomic E-state index is -4.33. The minimum Gasteiger partial charge on any atom is -0.480 e. The average molecular weight is 268 g/mol. The summed E-state index contributed by atoms with van der Waals surface area (Å²) in [5, 5.41) is 18.1. The molecule has 0 aromatic heterocycles. The van der Waals surface area contributed by atoms with E-state index in [-0.39, 0.29) is 13.0 Å². The van der Waals surface area contributed by atoms with Gasteiger partial charge in [-0.1, -0.05) is 0 Å². The van der Waals surface area contributed by atoms with E-state index in [1.165, 1.54) is 4.72 Å². The largest absolute Gasteiger partial charge is 0.480 e. The fraction of sp³-hybridized carbons (Fsp3) is 0.714. The smallest absolute Gasteiger partial charge is 0.421 e. The van der Waals surface area contributed by atoms with Gasteiger partial charge < -0.3 is 14.9 Å². The number of amides is 1. The molecule has 0 aliphatic carbocycles. The highest BCUT2D eigenvalue weighted by Crippen LogP contribution is 2.20. The monoisotopic (exact) mass is 268 g/mol. The Balaban J connectivity index is 2.90. The first kappa shape index (κ1) is 13.7. The van der Waals surface area contributed by atoms with Crippen molar-refractivity contribution in [2.75, 3.05) is 13.7 Å². The summed E-state index contributed by atoms with van der Waals surface area (Å²) in [6.07, 6.45) is -2.53. The van der Waals surface area contributed by atoms with Crippen LogP contribution in [0.1, 0.15) is 6.42 Å². The standard InChI is InChI=1S/C7H12N2O7S/c1-16-7(13)8-17(14,15)9-3-4(10)2-5(9)6(11)12/h4-5,10H,2-3H2,1H3,(H,8,13)(H,11,12)/t4-,5-/m0/s1. The first-order chi connectivity index (χ1) is 7.77. The molecule has 0 radical (unpaired) electrons. The number of nitrogens with zero attached hydrogens (tertiary/aromatic N) is 1. The summed E-state index contributed by atoms with van der Waals surface area (Å²) in [4.78, 5) is 21.6. The van der Waals surface area contributed by atoms with Crippen molar-refractivity contribution in [2.45, 2.75) is 18.6 Å². The predicted octanol–water partition coefficient (Wildman–Crippen LogP) is -1.89. The van der Waals surface area contributed by atoms with Crippen LogP contribution >= 0.6 is 0 Å². The number of rotatable bonds is 3. The Morgan fingerprint density at radius 1 is 1.47 bits per heavy atom. The molecule has 1 fully saturated rings. The third-order valence-electron chi connectivity index (χ3n) is 2.23. The number of carboxylic acids is 1. The van der Waals surface area contributed by atoms with Gasteiger partial charge in [-0.2, -0.15) is 12.7 Å². The predicted molar refractivity (Wildman–Crippen MR) is 53.2 cm³/mol. The van der Waals surface area contributed by atoms with Crippen LogP contribution in [0.2, 0.25) is 0 Å². The molecule has 1 amide bonds. The Labute approximate surface area is 97.2 Å². The van der Waals surface area contributed by atoms with Gasteiger partial charge in [0.1, 0.15) is 6.04 Å². The SMILES string of the molecule is COC(=O)NS(=O)(=O)N1C[C@@H](O)C[C@H]1C(=O)O. The van der Waals surface area contributed by atoms with Gasteiger partial charge in [-0.25, -0.2) is 9.52 Å². The van der Waals surface area contributed by atoms with Crippen LogP contribution in [0.15, 0.2) is 0 Å². The van der Waals surface area contributed by atoms with Crippen LogP contribution in [0, 0.1) is 0 Å². The molecule has 0 saturated carbocycles. The van der Waals surface area contributed by atoms with Gasteiger partial charge in [0, 0.05) is 13.0 Å². The Kier molecular flexibility index (Phi) is 3.91. The van der Waals surface area contributed by atoms with Crippen molar-refractivity contribution in [1.29, 1.82) is 0 Å². The molecule has 98 valence electrons. The maximum Gasteiger partial charge on any atom is 0.421 e. The molecular weight excluding hydrogens is 256 g/mol. The first-order valence-electron chi connectivity index (χ1n) is 4.56. The van der Waals surface area contributed by atoms with Gasteiger partial charge in [0.25, 0.3) is 0 Å². The molecule has 1 aliphatic heterocycles. The van der Waals surface area contributed by atoms with Crippen molar-refractivity contribution < 1.29 is 33.0 Å². The van der Waals surface area contributed by atoms with Gasteiger partial charge in [-0.3, -0.25) is 4.79 Å². The number of β-amino-alcohol motifs (C(OH)–C–C–N with tert-alkyl or cyclic N) is 1. The van der Waals surface area contributed by atoms with Crippen LogP contribution in [0.3, 0.4) is 0 Å². The van der Waals surface area contributed by atoms with E-state index in [2.05, 4.69) is 4.74 Å². The molecule has 0 bridgehead atoms. The van der Waals surface area contributed by atoms with Crippen LogP contribution in [-0.4, -0.2) is 60.8 Å². The van der Waals surface area contributed by atoms with Crippen molar-refractivity contribution in [3.8, 4) is 0 Å². The molecule has 2 atom stereocenters. The molecule has 17 heavy (non-hydrogen) atoms. The lowest BCUT2D eigenvalue weighted by Crippen LogP contribution is -2.48. The number of carbonyl (C=O) groups excluding carboxylic acids is 1. The summed E-state index contributed by atoms with van der Waals surface area (Å²) in [7, 11) is -3.36. The van der Waals surface area contributed by atoms with Crippen molar-refractivity contribution >= 4 is 22.3 Å². The topological polar surface area (TPSA) is 133 Å². The van der Waals surface area contributed by atoms with E-state index >= 15 is 0 Å². The lowest BCUT2D eigenvalue weighted by atomic mass is 10.2. The van der Waals surface area contributed by atoms with Gasteiger partial charge in [-0.15, -0.1) is 0 Å². The van der Waals surface area contributed by atoms with Gasteiger partial charge >= 0.3 is 22.3 Å². The highest BCUT2D eigenvalue weighted by atomic mass is 32.2. The molecular formula is C7H12N2O7S. The Morgan fingerprint density at radius 2 is 2.06 bits per heavy atom. The average Bonchev–Trinajstić information content (AvgIpc) is 2.60. The maximum atomic E-state index is 11.6. The third kappa shape index (κ3) is 3.05. The van der Waals surface area contributed by atoms with Crippen molar-refractivity contribution in [2.24, 2.45) is 0 Å². The number of aliphatic carboxylic acids is 1. The second kappa shape index (κ2) is 4.85. The summed E-state index contributed by atoms with van der Waals surface area (Å²) in [6, 6.07) is -1.40. The van der Waals surface area contributed by atoms with E-state index in [1.807, 2.05) is 0 Å². The number of carbonyl (C=O) groups is 2. The van der Waals surface area contributed by atoms with Crippen LogP contribution in [0.4, 0.5) is 4.79 Å². The quantitative estimate of drug-likeness (QED) is 0.544. The fourth-order valence-corrected chi connectivity index (χ4v) is 2.77. The zero-order valence-electron chi connectivity index (χ0n) is 8.86. The van der Waals surface area contributed by atoms with E-state index in [9.17, 15) is 23.1 Å². The normalized spacial score (nSPS) is 25.5. The third-order valence-corrected chi connectivity index (χ3v) is 3.67. The molecule has 0 aromatic rings. The maximum absolute atomic E-state index is 11.6. The zero-order valence-corrected chi connectivity index (χ0v) is 9.68. The van der Waals surface area contributed by atoms with Gasteiger partial charge in [0.15, 0.2) is 0 Å². The molecule has 0 unspecified atom stereocenters. The molecule has 0 spiro atoms. The van der Waals surface area contributed by atoms with Crippen LogP contribution in [0.25, 0.3) is 0 Å². The Morgan fingerprint density at radius 3 is 2.53 bits per heavy atom. The van der Waals surface area contributed by atoms with E-state index in [0.29, 0.717) is 4.31 Å². The Bertz CT molecular complexity index is 420. The molecule has 0 aromatic carbocycles. The second-order valence-corrected chi connectivity index (χ2v) is 5.04. The number of carboxylic acid groups (broad SMARTS) is 1. The highest BCUT2D eigenvalue weighted by Gasteiger charge is 2.43. The van der Waals surface area contributed by atoms with E-state index < -0.39 is 34.4 Å². The van der Waals surface area contributed by atoms with Gasteiger partial charge in [0.05, 0.1) is 13.2 Å². The number of nitrogens with one attached hydrogen (secondary N) is 1. The van der Waals surface area contributed by atoms with Gasteiger partial charge in [-0.05, 0) is 0 Å². The van der Waals surface area contributed by atoms with Crippen LogP contribution in [0.5, 0.6) is 0 Å². The zero-order chi connectivity index (χ0) is 13.2. The number of ether oxygens (including phenoxy) is 1. The van der Waals surface area contributed by atoms with Crippen LogP contribution < -0.4 is 4.72 Å². The minimum absolute atomic E-state index is 0.225. The molecule has 1 rings (SSSR count). The number of hydrogen-bond donors (Lipinski definition) is 3. The Hall–Kier alpha value is -1.39. The number of hydrogen-bond acceptors (Lipinski definition) is 6. The number of aliphatic hydroxyl groups excluding tert-OH is 1. The lowest BCUT2D eigenvalue weighted by Gasteiger charge is -2.20. The highest BCUT2D eigenvalue weighted by molar-refractivity contribution is 7.87. The second-order valence-electron chi connectivity index (χ2n) is 3.41. The van der Waals surface area contributed by atoms with Gasteiger partial charge in [0.2, 0.25) is 0 Å².